The van der Waals surface area contributed by atoms with Gasteiger partial charge in [0.2, 0.25) is 0 Å². The molecule has 0 saturated heterocycles. The average molecular weight is 314 g/mol. The quantitative estimate of drug-likeness (QED) is 0.236. The van der Waals surface area contributed by atoms with E-state index in [1.165, 1.54) is 90.1 Å². The molecule has 0 rings (SSSR count). The maximum absolute atomic E-state index is 2.85. The monoisotopic (exact) mass is 313 g/mol. The molecule has 0 atom stereocenters. The topological polar surface area (TPSA) is 3.24 Å². The Morgan fingerprint density at radius 1 is 0.524 bits per heavy atom. The lowest BCUT2D eigenvalue weighted by atomic mass is 10.1. The van der Waals surface area contributed by atoms with Crippen molar-refractivity contribution >= 4 is 8.24 Å². The van der Waals surface area contributed by atoms with Crippen LogP contribution >= 0.6 is 0 Å². The van der Waals surface area contributed by atoms with E-state index in [1.54, 1.807) is 0 Å². The van der Waals surface area contributed by atoms with Gasteiger partial charge in [-0.05, 0) is 25.9 Å². The van der Waals surface area contributed by atoms with Crippen molar-refractivity contribution in [3.63, 3.8) is 0 Å². The fraction of sp³-hybridized carbons (Fsp3) is 1.00. The lowest BCUT2D eigenvalue weighted by Crippen LogP contribution is -2.47. The maximum Gasteiger partial charge on any atom is 0.119 e. The van der Waals surface area contributed by atoms with Crippen molar-refractivity contribution < 1.29 is 0 Å². The molecule has 128 valence electrons. The molecule has 0 aromatic heterocycles. The molecule has 0 amide bonds. The highest BCUT2D eigenvalue weighted by molar-refractivity contribution is 6.73. The molecule has 0 fully saturated rings. The van der Waals surface area contributed by atoms with Crippen molar-refractivity contribution in [1.82, 2.24) is 4.57 Å². The van der Waals surface area contributed by atoms with Crippen molar-refractivity contribution in [3.8, 4) is 0 Å². The summed E-state index contributed by atoms with van der Waals surface area (Å²) in [5.74, 6) is 0. The first-order chi connectivity index (χ1) is 10.0. The van der Waals surface area contributed by atoms with Crippen LogP contribution in [0.4, 0.5) is 0 Å². The van der Waals surface area contributed by atoms with Crippen LogP contribution < -0.4 is 0 Å². The van der Waals surface area contributed by atoms with E-state index >= 15 is 0 Å². The molecule has 21 heavy (non-hydrogen) atoms. The molecule has 1 nitrogen and oxygen atoms in total. The second-order valence-electron chi connectivity index (χ2n) is 7.69. The largest absolute Gasteiger partial charge is 0.324 e. The van der Waals surface area contributed by atoms with E-state index in [2.05, 4.69) is 38.1 Å². The van der Waals surface area contributed by atoms with Crippen LogP contribution in [0, 0.1) is 0 Å². The highest BCUT2D eigenvalue weighted by Gasteiger charge is 2.22. The van der Waals surface area contributed by atoms with Crippen LogP contribution in [0.3, 0.4) is 0 Å². The van der Waals surface area contributed by atoms with Crippen LogP contribution in [0.2, 0.25) is 19.6 Å². The third kappa shape index (κ3) is 13.6. The minimum Gasteiger partial charge on any atom is -0.324 e. The summed E-state index contributed by atoms with van der Waals surface area (Å²) < 4.78 is 2.85. The Morgan fingerprint density at radius 3 is 1.19 bits per heavy atom. The number of hydrogen-bond donors (Lipinski definition) is 0. The predicted octanol–water partition coefficient (Wildman–Crippen LogP) is 6.84. The van der Waals surface area contributed by atoms with Crippen LogP contribution in [0.15, 0.2) is 0 Å². The molecule has 2 heteroatoms. The molecule has 0 radical (unpaired) electrons. The first kappa shape index (κ1) is 21.2. The SMILES string of the molecule is CCCCCCCCN(CCCCCCCC)[Si](C)(C)C. The van der Waals surface area contributed by atoms with Crippen molar-refractivity contribution in [2.24, 2.45) is 0 Å². The number of unbranched alkanes of at least 4 members (excludes halogenated alkanes) is 10. The van der Waals surface area contributed by atoms with Gasteiger partial charge < -0.3 is 4.57 Å². The van der Waals surface area contributed by atoms with Gasteiger partial charge in [0.05, 0.1) is 0 Å². The van der Waals surface area contributed by atoms with E-state index in [0.717, 1.165) is 0 Å². The Kier molecular flexibility index (Phi) is 13.9. The van der Waals surface area contributed by atoms with Gasteiger partial charge in [0, 0.05) is 0 Å². The lowest BCUT2D eigenvalue weighted by molar-refractivity contribution is 0.388. The van der Waals surface area contributed by atoms with Gasteiger partial charge >= 0.3 is 0 Å². The van der Waals surface area contributed by atoms with Crippen LogP contribution in [-0.2, 0) is 0 Å². The molecular formula is C19H43NSi. The first-order valence-electron chi connectivity index (χ1n) is 9.77. The number of nitrogens with zero attached hydrogens (tertiary/aromatic N) is 1. The molecule has 0 aliphatic carbocycles. The average Bonchev–Trinajstić information content (AvgIpc) is 2.42. The van der Waals surface area contributed by atoms with Crippen LogP contribution in [0.1, 0.15) is 90.9 Å². The van der Waals surface area contributed by atoms with Crippen LogP contribution in [0.5, 0.6) is 0 Å². The van der Waals surface area contributed by atoms with Crippen LogP contribution in [0.25, 0.3) is 0 Å². The molecule has 0 aromatic carbocycles. The third-order valence-electron chi connectivity index (χ3n) is 4.51. The molecule has 0 saturated carbocycles. The van der Waals surface area contributed by atoms with Crippen molar-refractivity contribution in [2.45, 2.75) is 111 Å². The summed E-state index contributed by atoms with van der Waals surface area (Å²) in [4.78, 5) is 0. The summed E-state index contributed by atoms with van der Waals surface area (Å²) in [6.45, 7) is 14.9. The summed E-state index contributed by atoms with van der Waals surface area (Å²) in [6.07, 6.45) is 17.1. The molecule has 0 unspecified atom stereocenters. The van der Waals surface area contributed by atoms with Gasteiger partial charge in [-0.15, -0.1) is 0 Å². The second-order valence-corrected chi connectivity index (χ2v) is 12.7. The smallest absolute Gasteiger partial charge is 0.119 e. The third-order valence-corrected chi connectivity index (χ3v) is 6.86. The highest BCUT2D eigenvalue weighted by Crippen LogP contribution is 2.15. The van der Waals surface area contributed by atoms with E-state index in [4.69, 9.17) is 0 Å². The molecular weight excluding hydrogens is 270 g/mol. The van der Waals surface area contributed by atoms with Gasteiger partial charge in [-0.25, -0.2) is 0 Å². The summed E-state index contributed by atoms with van der Waals surface area (Å²) in [7, 11) is -1.10. The Morgan fingerprint density at radius 2 is 0.857 bits per heavy atom. The van der Waals surface area contributed by atoms with Gasteiger partial charge in [0.1, 0.15) is 8.24 Å². The van der Waals surface area contributed by atoms with Crippen LogP contribution in [-0.4, -0.2) is 25.9 Å². The summed E-state index contributed by atoms with van der Waals surface area (Å²) >= 11 is 0. The predicted molar refractivity (Wildman–Crippen MR) is 102 cm³/mol. The molecule has 0 aromatic rings. The highest BCUT2D eigenvalue weighted by atomic mass is 28.3. The zero-order valence-corrected chi connectivity index (χ0v) is 16.8. The molecule has 0 spiro atoms. The summed E-state index contributed by atoms with van der Waals surface area (Å²) in [5, 5.41) is 0. The maximum atomic E-state index is 2.85. The summed E-state index contributed by atoms with van der Waals surface area (Å²) in [6, 6.07) is 0. The molecule has 0 aliphatic rings. The Labute approximate surface area is 137 Å². The lowest BCUT2D eigenvalue weighted by Gasteiger charge is -2.34. The first-order valence-corrected chi connectivity index (χ1v) is 13.2. The molecule has 0 aliphatic heterocycles. The Balaban J connectivity index is 3.74. The zero-order valence-electron chi connectivity index (χ0n) is 15.8. The van der Waals surface area contributed by atoms with E-state index in [-0.39, 0.29) is 0 Å². The van der Waals surface area contributed by atoms with E-state index in [0.29, 0.717) is 0 Å². The molecule has 0 heterocycles. The Hall–Kier alpha value is 0.177. The van der Waals surface area contributed by atoms with Gasteiger partial charge in [-0.2, -0.15) is 0 Å². The van der Waals surface area contributed by atoms with Gasteiger partial charge in [0.15, 0.2) is 0 Å². The normalized spacial score (nSPS) is 12.3. The number of hydrogen-bond acceptors (Lipinski definition) is 1. The zero-order chi connectivity index (χ0) is 16.0. The summed E-state index contributed by atoms with van der Waals surface area (Å²) in [5.41, 5.74) is 0. The van der Waals surface area contributed by atoms with Crippen molar-refractivity contribution in [3.05, 3.63) is 0 Å². The van der Waals surface area contributed by atoms with E-state index in [9.17, 15) is 0 Å². The van der Waals surface area contributed by atoms with Crippen molar-refractivity contribution in [2.75, 3.05) is 13.1 Å². The van der Waals surface area contributed by atoms with Crippen molar-refractivity contribution in [1.29, 1.82) is 0 Å². The minimum absolute atomic E-state index is 1.10. The van der Waals surface area contributed by atoms with Gasteiger partial charge in [-0.3, -0.25) is 0 Å². The van der Waals surface area contributed by atoms with E-state index < -0.39 is 8.24 Å². The molecule has 0 bridgehead atoms. The fourth-order valence-corrected chi connectivity index (χ4v) is 4.61. The molecule has 0 N–H and O–H groups in total. The number of rotatable bonds is 15. The standard InChI is InChI=1S/C19H43NSi/c1-6-8-10-12-14-16-18-20(21(3,4)5)19-17-15-13-11-9-7-2/h6-19H2,1-5H3. The van der Waals surface area contributed by atoms with Gasteiger partial charge in [-0.1, -0.05) is 97.7 Å². The Bertz CT molecular complexity index is 194. The second kappa shape index (κ2) is 13.8. The fourth-order valence-electron chi connectivity index (χ4n) is 2.95. The minimum atomic E-state index is -1.10. The van der Waals surface area contributed by atoms with Gasteiger partial charge in [0.25, 0.3) is 0 Å². The van der Waals surface area contributed by atoms with E-state index in [1.807, 2.05) is 0 Å².